The number of carboxylic acid groups (broad SMARTS) is 1. The van der Waals surface area contributed by atoms with E-state index in [1.165, 1.54) is 6.42 Å². The van der Waals surface area contributed by atoms with Crippen molar-refractivity contribution in [3.8, 4) is 0 Å². The second-order valence-electron chi connectivity index (χ2n) is 6.90. The first kappa shape index (κ1) is 16.1. The van der Waals surface area contributed by atoms with Crippen LogP contribution in [0.1, 0.15) is 64.7 Å². The van der Waals surface area contributed by atoms with Crippen molar-refractivity contribution in [1.29, 1.82) is 0 Å². The van der Waals surface area contributed by atoms with Gasteiger partial charge in [0.1, 0.15) is 5.54 Å². The fourth-order valence-electron chi connectivity index (χ4n) is 3.57. The van der Waals surface area contributed by atoms with Crippen molar-refractivity contribution in [3.05, 3.63) is 0 Å². The predicted octanol–water partition coefficient (Wildman–Crippen LogP) is 2.99. The number of nitrogens with zero attached hydrogens (tertiary/aromatic N) is 1. The third-order valence-corrected chi connectivity index (χ3v) is 5.33. The van der Waals surface area contributed by atoms with Crippen molar-refractivity contribution in [1.82, 2.24) is 10.2 Å². The Bertz CT molecular complexity index is 383. The Labute approximate surface area is 127 Å². The maximum atomic E-state index is 12.5. The lowest BCUT2D eigenvalue weighted by Gasteiger charge is -2.39. The van der Waals surface area contributed by atoms with Crippen molar-refractivity contribution in [2.75, 3.05) is 7.05 Å². The summed E-state index contributed by atoms with van der Waals surface area (Å²) in [6.45, 7) is 2.14. The number of rotatable bonds is 3. The summed E-state index contributed by atoms with van der Waals surface area (Å²) in [4.78, 5) is 25.9. The van der Waals surface area contributed by atoms with Crippen LogP contribution < -0.4 is 5.32 Å². The average molecular weight is 296 g/mol. The molecule has 0 heterocycles. The monoisotopic (exact) mass is 296 g/mol. The molecule has 2 amide bonds. The number of aliphatic carboxylic acids is 1. The largest absolute Gasteiger partial charge is 0.480 e. The van der Waals surface area contributed by atoms with Gasteiger partial charge in [0.25, 0.3) is 0 Å². The van der Waals surface area contributed by atoms with E-state index < -0.39 is 11.5 Å². The molecule has 0 bridgehead atoms. The topological polar surface area (TPSA) is 69.6 Å². The number of urea groups is 1. The molecule has 5 nitrogen and oxygen atoms in total. The molecule has 0 unspecified atom stereocenters. The molecule has 0 radical (unpaired) electrons. The maximum absolute atomic E-state index is 12.5. The van der Waals surface area contributed by atoms with Crippen molar-refractivity contribution >= 4 is 12.0 Å². The molecule has 120 valence electrons. The van der Waals surface area contributed by atoms with E-state index in [0.29, 0.717) is 18.8 Å². The van der Waals surface area contributed by atoms with Gasteiger partial charge in [0, 0.05) is 13.1 Å². The Balaban J connectivity index is 1.99. The number of carboxylic acids is 1. The standard InChI is InChI=1S/C16H28N2O3/c1-12-8-10-16(11-9-12,14(19)20)17-15(21)18(2)13-6-4-3-5-7-13/h12-13H,3-11H2,1-2H3,(H,17,21)(H,19,20). The molecule has 0 aromatic carbocycles. The fraction of sp³-hybridized carbons (Fsp3) is 0.875. The van der Waals surface area contributed by atoms with Crippen molar-refractivity contribution in [3.63, 3.8) is 0 Å². The zero-order valence-corrected chi connectivity index (χ0v) is 13.2. The summed E-state index contributed by atoms with van der Waals surface area (Å²) in [5.74, 6) is -0.342. The molecule has 0 aliphatic heterocycles. The van der Waals surface area contributed by atoms with Crippen molar-refractivity contribution < 1.29 is 14.7 Å². The first-order valence-corrected chi connectivity index (χ1v) is 8.23. The van der Waals surface area contributed by atoms with Gasteiger partial charge in [-0.3, -0.25) is 0 Å². The number of carbonyl (C=O) groups is 2. The number of carbonyl (C=O) groups excluding carboxylic acids is 1. The van der Waals surface area contributed by atoms with Gasteiger partial charge in [-0.25, -0.2) is 9.59 Å². The van der Waals surface area contributed by atoms with E-state index in [1.807, 2.05) is 0 Å². The highest BCUT2D eigenvalue weighted by Gasteiger charge is 2.43. The minimum Gasteiger partial charge on any atom is -0.480 e. The zero-order valence-electron chi connectivity index (χ0n) is 13.2. The molecular formula is C16H28N2O3. The summed E-state index contributed by atoms with van der Waals surface area (Å²) in [5, 5.41) is 12.4. The van der Waals surface area contributed by atoms with Crippen molar-refractivity contribution in [2.45, 2.75) is 76.3 Å². The molecule has 2 N–H and O–H groups in total. The lowest BCUT2D eigenvalue weighted by Crippen LogP contribution is -2.60. The molecule has 0 atom stereocenters. The van der Waals surface area contributed by atoms with Gasteiger partial charge in [0.15, 0.2) is 0 Å². The van der Waals surface area contributed by atoms with E-state index in [2.05, 4.69) is 12.2 Å². The van der Waals surface area contributed by atoms with Gasteiger partial charge in [0.05, 0.1) is 0 Å². The Morgan fingerprint density at radius 2 is 1.67 bits per heavy atom. The number of hydrogen-bond donors (Lipinski definition) is 2. The van der Waals surface area contributed by atoms with Gasteiger partial charge in [0.2, 0.25) is 0 Å². The highest BCUT2D eigenvalue weighted by Crippen LogP contribution is 2.32. The van der Waals surface area contributed by atoms with Gasteiger partial charge in [-0.15, -0.1) is 0 Å². The van der Waals surface area contributed by atoms with Crippen LogP contribution in [0.5, 0.6) is 0 Å². The molecular weight excluding hydrogens is 268 g/mol. The van der Waals surface area contributed by atoms with E-state index in [9.17, 15) is 14.7 Å². The molecule has 0 spiro atoms. The van der Waals surface area contributed by atoms with Crippen LogP contribution in [0, 0.1) is 5.92 Å². The molecule has 2 aliphatic rings. The lowest BCUT2D eigenvalue weighted by atomic mass is 9.77. The summed E-state index contributed by atoms with van der Waals surface area (Å²) in [7, 11) is 1.80. The minimum absolute atomic E-state index is 0.223. The number of nitrogens with one attached hydrogen (secondary N) is 1. The first-order valence-electron chi connectivity index (χ1n) is 8.23. The van der Waals surface area contributed by atoms with Crippen LogP contribution >= 0.6 is 0 Å². The minimum atomic E-state index is -1.06. The van der Waals surface area contributed by atoms with Crippen LogP contribution in [0.3, 0.4) is 0 Å². The van der Waals surface area contributed by atoms with E-state index in [0.717, 1.165) is 38.5 Å². The SMILES string of the molecule is CC1CCC(NC(=O)N(C)C2CCCCC2)(C(=O)O)CC1. The smallest absolute Gasteiger partial charge is 0.329 e. The molecule has 2 fully saturated rings. The fourth-order valence-corrected chi connectivity index (χ4v) is 3.57. The Kier molecular flexibility index (Phi) is 5.12. The average Bonchev–Trinajstić information content (AvgIpc) is 2.49. The molecule has 0 aromatic heterocycles. The summed E-state index contributed by atoms with van der Waals surface area (Å²) >= 11 is 0. The Morgan fingerprint density at radius 3 is 2.19 bits per heavy atom. The molecule has 0 aromatic rings. The maximum Gasteiger partial charge on any atom is 0.329 e. The van der Waals surface area contributed by atoms with Gasteiger partial charge in [-0.2, -0.15) is 0 Å². The van der Waals surface area contributed by atoms with E-state index in [-0.39, 0.29) is 12.1 Å². The van der Waals surface area contributed by atoms with Crippen LogP contribution in [-0.4, -0.2) is 40.6 Å². The first-order chi connectivity index (χ1) is 9.94. The van der Waals surface area contributed by atoms with Crippen LogP contribution in [0.2, 0.25) is 0 Å². The normalized spacial score (nSPS) is 30.7. The summed E-state index contributed by atoms with van der Waals surface area (Å²) in [6, 6.07) is 0.0333. The predicted molar refractivity (Wildman–Crippen MR) is 81.2 cm³/mol. The lowest BCUT2D eigenvalue weighted by molar-refractivity contribution is -0.146. The van der Waals surface area contributed by atoms with Crippen LogP contribution in [0.25, 0.3) is 0 Å². The molecule has 2 aliphatic carbocycles. The molecule has 2 saturated carbocycles. The summed E-state index contributed by atoms with van der Waals surface area (Å²) in [5.41, 5.74) is -1.06. The Hall–Kier alpha value is -1.26. The van der Waals surface area contributed by atoms with Gasteiger partial charge in [-0.05, 0) is 44.4 Å². The number of amides is 2. The van der Waals surface area contributed by atoms with E-state index in [4.69, 9.17) is 0 Å². The van der Waals surface area contributed by atoms with Gasteiger partial charge >= 0.3 is 12.0 Å². The number of hydrogen-bond acceptors (Lipinski definition) is 2. The van der Waals surface area contributed by atoms with E-state index in [1.54, 1.807) is 11.9 Å². The van der Waals surface area contributed by atoms with Gasteiger partial charge in [-0.1, -0.05) is 26.2 Å². The second kappa shape index (κ2) is 6.67. The third kappa shape index (κ3) is 3.69. The summed E-state index contributed by atoms with van der Waals surface area (Å²) in [6.07, 6.45) is 8.40. The molecule has 5 heteroatoms. The molecule has 21 heavy (non-hydrogen) atoms. The zero-order chi connectivity index (χ0) is 15.5. The quantitative estimate of drug-likeness (QED) is 0.841. The third-order valence-electron chi connectivity index (χ3n) is 5.33. The van der Waals surface area contributed by atoms with Crippen molar-refractivity contribution in [2.24, 2.45) is 5.92 Å². The summed E-state index contributed by atoms with van der Waals surface area (Å²) < 4.78 is 0. The van der Waals surface area contributed by atoms with Gasteiger partial charge < -0.3 is 15.3 Å². The highest BCUT2D eigenvalue weighted by atomic mass is 16.4. The molecule has 0 saturated heterocycles. The second-order valence-corrected chi connectivity index (χ2v) is 6.90. The van der Waals surface area contributed by atoms with E-state index >= 15 is 0 Å². The van der Waals surface area contributed by atoms with Crippen LogP contribution in [0.4, 0.5) is 4.79 Å². The van der Waals surface area contributed by atoms with Crippen LogP contribution in [-0.2, 0) is 4.79 Å². The molecule has 2 rings (SSSR count). The Morgan fingerprint density at radius 1 is 1.10 bits per heavy atom. The van der Waals surface area contributed by atoms with Crippen LogP contribution in [0.15, 0.2) is 0 Å². The highest BCUT2D eigenvalue weighted by molar-refractivity contribution is 5.86.